The molecule has 2 aromatic rings. The van der Waals surface area contributed by atoms with Gasteiger partial charge in [0.05, 0.1) is 25.0 Å². The lowest BCUT2D eigenvalue weighted by Gasteiger charge is -2.29. The first-order valence-corrected chi connectivity index (χ1v) is 12.1. The van der Waals surface area contributed by atoms with Crippen LogP contribution in [0.5, 0.6) is 5.75 Å². The number of amides is 1. The molecule has 0 bridgehead atoms. The summed E-state index contributed by atoms with van der Waals surface area (Å²) >= 11 is 0. The van der Waals surface area contributed by atoms with E-state index in [-0.39, 0.29) is 35.3 Å². The molecule has 0 aromatic heterocycles. The molecule has 0 spiro atoms. The zero-order chi connectivity index (χ0) is 21.9. The highest BCUT2D eigenvalue weighted by Crippen LogP contribution is 2.25. The highest BCUT2D eigenvalue weighted by atomic mass is 32.2. The quantitative estimate of drug-likeness (QED) is 0.702. The van der Waals surface area contributed by atoms with Gasteiger partial charge in [0.1, 0.15) is 5.75 Å². The molecule has 5 nitrogen and oxygen atoms in total. The summed E-state index contributed by atoms with van der Waals surface area (Å²) in [6, 6.07) is 15.4. The normalized spacial score (nSPS) is 18.2. The zero-order valence-electron chi connectivity index (χ0n) is 18.2. The van der Waals surface area contributed by atoms with E-state index >= 15 is 0 Å². The average molecular weight is 430 g/mol. The largest absolute Gasteiger partial charge is 0.497 e. The standard InChI is InChI=1S/C24H31NO4S/c1-24(2,3)20-9-5-19(6-10-20)16-25(21-13-14-30(27,28)17-21)23(26)15-18-7-11-22(29-4)12-8-18/h5-12,21H,13-17H2,1-4H3. The van der Waals surface area contributed by atoms with Crippen molar-refractivity contribution in [1.82, 2.24) is 4.90 Å². The third-order valence-corrected chi connectivity index (χ3v) is 7.41. The molecular weight excluding hydrogens is 398 g/mol. The number of methoxy groups -OCH3 is 1. The monoisotopic (exact) mass is 429 g/mol. The van der Waals surface area contributed by atoms with Gasteiger partial charge in [-0.25, -0.2) is 8.42 Å². The van der Waals surface area contributed by atoms with Crippen LogP contribution in [0.2, 0.25) is 0 Å². The minimum Gasteiger partial charge on any atom is -0.497 e. The second-order valence-electron chi connectivity index (χ2n) is 9.05. The smallest absolute Gasteiger partial charge is 0.227 e. The predicted octanol–water partition coefficient (Wildman–Crippen LogP) is 3.75. The van der Waals surface area contributed by atoms with Crippen LogP contribution in [0, 0.1) is 0 Å². The Balaban J connectivity index is 1.80. The summed E-state index contributed by atoms with van der Waals surface area (Å²) in [4.78, 5) is 14.9. The molecule has 3 rings (SSSR count). The van der Waals surface area contributed by atoms with Crippen molar-refractivity contribution in [3.63, 3.8) is 0 Å². The number of carbonyl (C=O) groups excluding carboxylic acids is 1. The number of hydrogen-bond donors (Lipinski definition) is 0. The molecule has 0 aliphatic carbocycles. The van der Waals surface area contributed by atoms with Crippen LogP contribution in [-0.2, 0) is 33.0 Å². The molecule has 2 aromatic carbocycles. The molecule has 1 aliphatic rings. The van der Waals surface area contributed by atoms with Gasteiger partial charge in [-0.2, -0.15) is 0 Å². The predicted molar refractivity (Wildman–Crippen MR) is 119 cm³/mol. The van der Waals surface area contributed by atoms with E-state index in [0.29, 0.717) is 13.0 Å². The molecule has 1 unspecified atom stereocenters. The fraction of sp³-hybridized carbons (Fsp3) is 0.458. The second-order valence-corrected chi connectivity index (χ2v) is 11.3. The van der Waals surface area contributed by atoms with Crippen LogP contribution in [0.1, 0.15) is 43.9 Å². The van der Waals surface area contributed by atoms with Gasteiger partial charge in [0, 0.05) is 12.6 Å². The van der Waals surface area contributed by atoms with Gasteiger partial charge in [0.15, 0.2) is 9.84 Å². The summed E-state index contributed by atoms with van der Waals surface area (Å²) < 4.78 is 29.3. The van der Waals surface area contributed by atoms with Gasteiger partial charge < -0.3 is 9.64 Å². The van der Waals surface area contributed by atoms with Crippen LogP contribution in [-0.4, -0.2) is 43.9 Å². The molecule has 6 heteroatoms. The van der Waals surface area contributed by atoms with Gasteiger partial charge in [-0.1, -0.05) is 57.2 Å². The lowest BCUT2D eigenvalue weighted by atomic mass is 9.86. The SMILES string of the molecule is COc1ccc(CC(=O)N(Cc2ccc(C(C)(C)C)cc2)C2CCS(=O)(=O)C2)cc1. The minimum atomic E-state index is -3.08. The molecular formula is C24H31NO4S. The van der Waals surface area contributed by atoms with Gasteiger partial charge in [-0.05, 0) is 40.7 Å². The van der Waals surface area contributed by atoms with Crippen LogP contribution in [0.25, 0.3) is 0 Å². The van der Waals surface area contributed by atoms with Crippen molar-refractivity contribution in [1.29, 1.82) is 0 Å². The van der Waals surface area contributed by atoms with Gasteiger partial charge in [-0.3, -0.25) is 4.79 Å². The van der Waals surface area contributed by atoms with Crippen molar-refractivity contribution in [2.45, 2.75) is 51.6 Å². The van der Waals surface area contributed by atoms with E-state index in [1.165, 1.54) is 5.56 Å². The number of rotatable bonds is 6. The van der Waals surface area contributed by atoms with Crippen molar-refractivity contribution in [2.24, 2.45) is 0 Å². The number of carbonyl (C=O) groups is 1. The Morgan fingerprint density at radius 2 is 1.63 bits per heavy atom. The molecule has 1 aliphatic heterocycles. The summed E-state index contributed by atoms with van der Waals surface area (Å²) in [6.45, 7) is 6.90. The van der Waals surface area contributed by atoms with Gasteiger partial charge in [0.2, 0.25) is 5.91 Å². The first-order chi connectivity index (χ1) is 14.1. The van der Waals surface area contributed by atoms with E-state index in [1.54, 1.807) is 12.0 Å². The first kappa shape index (κ1) is 22.3. The van der Waals surface area contributed by atoms with Crippen LogP contribution in [0.3, 0.4) is 0 Å². The van der Waals surface area contributed by atoms with Gasteiger partial charge >= 0.3 is 0 Å². The average Bonchev–Trinajstić information content (AvgIpc) is 3.05. The summed E-state index contributed by atoms with van der Waals surface area (Å²) in [5, 5.41) is 0. The fourth-order valence-corrected chi connectivity index (χ4v) is 5.50. The van der Waals surface area contributed by atoms with E-state index in [4.69, 9.17) is 4.74 Å². The summed E-state index contributed by atoms with van der Waals surface area (Å²) in [6.07, 6.45) is 0.734. The molecule has 1 atom stereocenters. The molecule has 0 saturated carbocycles. The highest BCUT2D eigenvalue weighted by Gasteiger charge is 2.34. The second kappa shape index (κ2) is 8.80. The molecule has 1 saturated heterocycles. The van der Waals surface area contributed by atoms with Crippen LogP contribution in [0.15, 0.2) is 48.5 Å². The molecule has 1 amide bonds. The van der Waals surface area contributed by atoms with E-state index in [2.05, 4.69) is 32.9 Å². The molecule has 162 valence electrons. The Hall–Kier alpha value is -2.34. The number of nitrogens with zero attached hydrogens (tertiary/aromatic N) is 1. The Kier molecular flexibility index (Phi) is 6.56. The number of hydrogen-bond acceptors (Lipinski definition) is 4. The summed E-state index contributed by atoms with van der Waals surface area (Å²) in [5.74, 6) is 0.875. The van der Waals surface area contributed by atoms with Crippen molar-refractivity contribution >= 4 is 15.7 Å². The molecule has 30 heavy (non-hydrogen) atoms. The molecule has 1 heterocycles. The van der Waals surface area contributed by atoms with Crippen molar-refractivity contribution < 1.29 is 17.9 Å². The van der Waals surface area contributed by atoms with Crippen molar-refractivity contribution in [3.8, 4) is 5.75 Å². The maximum atomic E-state index is 13.2. The van der Waals surface area contributed by atoms with Crippen LogP contribution in [0.4, 0.5) is 0 Å². The first-order valence-electron chi connectivity index (χ1n) is 10.3. The topological polar surface area (TPSA) is 63.7 Å². The van der Waals surface area contributed by atoms with E-state index < -0.39 is 9.84 Å². The highest BCUT2D eigenvalue weighted by molar-refractivity contribution is 7.91. The maximum absolute atomic E-state index is 13.2. The fourth-order valence-electron chi connectivity index (χ4n) is 3.77. The Labute approximate surface area is 180 Å². The molecule has 1 fully saturated rings. The van der Waals surface area contributed by atoms with Crippen molar-refractivity contribution in [3.05, 3.63) is 65.2 Å². The Morgan fingerprint density at radius 1 is 1.03 bits per heavy atom. The van der Waals surface area contributed by atoms with Crippen LogP contribution >= 0.6 is 0 Å². The third-order valence-electron chi connectivity index (χ3n) is 5.66. The van der Waals surface area contributed by atoms with Gasteiger partial charge in [0.25, 0.3) is 0 Å². The molecule has 0 N–H and O–H groups in total. The van der Waals surface area contributed by atoms with E-state index in [1.807, 2.05) is 36.4 Å². The van der Waals surface area contributed by atoms with E-state index in [0.717, 1.165) is 16.9 Å². The number of sulfone groups is 1. The summed E-state index contributed by atoms with van der Waals surface area (Å²) in [5.41, 5.74) is 3.18. The molecule has 0 radical (unpaired) electrons. The summed E-state index contributed by atoms with van der Waals surface area (Å²) in [7, 11) is -1.48. The van der Waals surface area contributed by atoms with Crippen molar-refractivity contribution in [2.75, 3.05) is 18.6 Å². The number of ether oxygens (including phenoxy) is 1. The third kappa shape index (κ3) is 5.63. The number of benzene rings is 2. The lowest BCUT2D eigenvalue weighted by molar-refractivity contribution is -0.133. The Bertz CT molecular complexity index is 973. The maximum Gasteiger partial charge on any atom is 0.227 e. The zero-order valence-corrected chi connectivity index (χ0v) is 19.0. The lowest BCUT2D eigenvalue weighted by Crippen LogP contribution is -2.41. The van der Waals surface area contributed by atoms with Gasteiger partial charge in [-0.15, -0.1) is 0 Å². The van der Waals surface area contributed by atoms with E-state index in [9.17, 15) is 13.2 Å². The van der Waals surface area contributed by atoms with Crippen LogP contribution < -0.4 is 4.74 Å². The Morgan fingerprint density at radius 3 is 2.13 bits per heavy atom. The minimum absolute atomic E-state index is 0.0431.